The van der Waals surface area contributed by atoms with Gasteiger partial charge in [-0.25, -0.2) is 8.42 Å². The third-order valence-electron chi connectivity index (χ3n) is 5.57. The number of carbonyl (C=O) groups excluding carboxylic acids is 1. The number of likely N-dealkylation sites (N-methyl/N-ethyl adjacent to an activating group) is 1. The largest absolute Gasteiger partial charge is 0.379 e. The van der Waals surface area contributed by atoms with Gasteiger partial charge in [-0.05, 0) is 56.3 Å². The number of aryl methyl sites for hydroxylation is 1. The lowest BCUT2D eigenvalue weighted by Crippen LogP contribution is -2.41. The van der Waals surface area contributed by atoms with Gasteiger partial charge in [-0.15, -0.1) is 0 Å². The normalized spacial score (nSPS) is 15.8. The summed E-state index contributed by atoms with van der Waals surface area (Å²) in [6.07, 6.45) is 0. The molecule has 170 valence electrons. The van der Waals surface area contributed by atoms with Crippen molar-refractivity contribution >= 4 is 21.6 Å². The zero-order valence-electron chi connectivity index (χ0n) is 18.5. The number of anilines is 1. The minimum atomic E-state index is -3.67. The van der Waals surface area contributed by atoms with E-state index in [1.807, 2.05) is 24.1 Å². The predicted molar refractivity (Wildman–Crippen MR) is 121 cm³/mol. The van der Waals surface area contributed by atoms with E-state index >= 15 is 0 Å². The molecular formula is C23H28N4O4S. The molecule has 1 N–H and O–H groups in total. The zero-order valence-corrected chi connectivity index (χ0v) is 19.4. The van der Waals surface area contributed by atoms with Gasteiger partial charge in [0.2, 0.25) is 15.9 Å². The van der Waals surface area contributed by atoms with Gasteiger partial charge >= 0.3 is 0 Å². The molecule has 1 aliphatic rings. The summed E-state index contributed by atoms with van der Waals surface area (Å²) >= 11 is 0. The number of hydrogen-bond donors (Lipinski definition) is 1. The van der Waals surface area contributed by atoms with Gasteiger partial charge in [-0.1, -0.05) is 18.2 Å². The van der Waals surface area contributed by atoms with E-state index in [0.717, 1.165) is 5.56 Å². The second-order valence-electron chi connectivity index (χ2n) is 7.89. The van der Waals surface area contributed by atoms with Gasteiger partial charge in [0.05, 0.1) is 35.8 Å². The lowest BCUT2D eigenvalue weighted by molar-refractivity contribution is -0.120. The molecule has 2 aromatic carbocycles. The van der Waals surface area contributed by atoms with Crippen LogP contribution in [-0.2, 0) is 26.1 Å². The van der Waals surface area contributed by atoms with Crippen LogP contribution in [0.15, 0.2) is 47.4 Å². The van der Waals surface area contributed by atoms with Gasteiger partial charge in [-0.2, -0.15) is 9.57 Å². The number of carbonyl (C=O) groups is 1. The van der Waals surface area contributed by atoms with Crippen LogP contribution in [0.4, 0.5) is 5.69 Å². The molecule has 9 heteroatoms. The van der Waals surface area contributed by atoms with E-state index in [1.54, 1.807) is 38.1 Å². The van der Waals surface area contributed by atoms with E-state index in [2.05, 4.69) is 11.4 Å². The molecule has 0 spiro atoms. The van der Waals surface area contributed by atoms with Crippen LogP contribution in [-0.4, -0.2) is 62.9 Å². The van der Waals surface area contributed by atoms with E-state index in [4.69, 9.17) is 10.00 Å². The second kappa shape index (κ2) is 10.2. The Balaban J connectivity index is 1.71. The van der Waals surface area contributed by atoms with Crippen LogP contribution in [0, 0.1) is 18.3 Å². The Morgan fingerprint density at radius 3 is 2.66 bits per heavy atom. The van der Waals surface area contributed by atoms with E-state index in [1.165, 1.54) is 10.4 Å². The summed E-state index contributed by atoms with van der Waals surface area (Å²) in [5.74, 6) is -0.248. The highest BCUT2D eigenvalue weighted by atomic mass is 32.2. The number of hydrogen-bond acceptors (Lipinski definition) is 6. The zero-order chi connectivity index (χ0) is 23.3. The predicted octanol–water partition coefficient (Wildman–Crippen LogP) is 2.35. The summed E-state index contributed by atoms with van der Waals surface area (Å²) < 4.78 is 32.8. The summed E-state index contributed by atoms with van der Waals surface area (Å²) in [6, 6.07) is 13.8. The Bertz CT molecular complexity index is 1120. The minimum absolute atomic E-state index is 0.187. The Kier molecular flexibility index (Phi) is 7.64. The maximum absolute atomic E-state index is 13.1. The number of amides is 1. The first-order valence-electron chi connectivity index (χ1n) is 10.4. The van der Waals surface area contributed by atoms with E-state index in [-0.39, 0.29) is 10.8 Å². The van der Waals surface area contributed by atoms with Crippen molar-refractivity contribution in [1.82, 2.24) is 9.21 Å². The van der Waals surface area contributed by atoms with Crippen molar-refractivity contribution in [2.45, 2.75) is 31.3 Å². The Hall–Kier alpha value is -2.77. The molecule has 0 bridgehead atoms. The quantitative estimate of drug-likeness (QED) is 0.686. The molecule has 1 saturated heterocycles. The van der Waals surface area contributed by atoms with Crippen molar-refractivity contribution < 1.29 is 17.9 Å². The minimum Gasteiger partial charge on any atom is -0.379 e. The molecule has 1 fully saturated rings. The third kappa shape index (κ3) is 5.53. The first-order valence-corrected chi connectivity index (χ1v) is 11.8. The van der Waals surface area contributed by atoms with Gasteiger partial charge in [0, 0.05) is 25.3 Å². The number of nitriles is 1. The van der Waals surface area contributed by atoms with E-state index in [0.29, 0.717) is 49.7 Å². The molecule has 8 nitrogen and oxygen atoms in total. The molecule has 32 heavy (non-hydrogen) atoms. The van der Waals surface area contributed by atoms with Crippen molar-refractivity contribution in [3.05, 3.63) is 59.2 Å². The Morgan fingerprint density at radius 2 is 1.97 bits per heavy atom. The van der Waals surface area contributed by atoms with Crippen LogP contribution in [0.5, 0.6) is 0 Å². The summed E-state index contributed by atoms with van der Waals surface area (Å²) in [7, 11) is -1.84. The maximum Gasteiger partial charge on any atom is 0.243 e. The smallest absolute Gasteiger partial charge is 0.243 e. The number of sulfonamides is 1. The van der Waals surface area contributed by atoms with E-state index < -0.39 is 16.1 Å². The van der Waals surface area contributed by atoms with Crippen molar-refractivity contribution in [3.8, 4) is 6.07 Å². The molecule has 1 amide bonds. The average molecular weight is 457 g/mol. The summed E-state index contributed by atoms with van der Waals surface area (Å²) in [5.41, 5.74) is 2.55. The van der Waals surface area contributed by atoms with Gasteiger partial charge in [0.1, 0.15) is 0 Å². The van der Waals surface area contributed by atoms with Crippen molar-refractivity contribution in [2.24, 2.45) is 0 Å². The molecule has 1 aliphatic heterocycles. The van der Waals surface area contributed by atoms with Crippen LogP contribution in [0.2, 0.25) is 0 Å². The first-order chi connectivity index (χ1) is 15.2. The summed E-state index contributed by atoms with van der Waals surface area (Å²) in [5, 5.41) is 11.9. The van der Waals surface area contributed by atoms with Crippen molar-refractivity contribution in [3.63, 3.8) is 0 Å². The molecule has 0 aromatic heterocycles. The van der Waals surface area contributed by atoms with Gasteiger partial charge in [-0.3, -0.25) is 9.69 Å². The van der Waals surface area contributed by atoms with Gasteiger partial charge in [0.15, 0.2) is 0 Å². The van der Waals surface area contributed by atoms with Gasteiger partial charge in [0.25, 0.3) is 0 Å². The summed E-state index contributed by atoms with van der Waals surface area (Å²) in [6.45, 7) is 5.38. The summed E-state index contributed by atoms with van der Waals surface area (Å²) in [4.78, 5) is 14.9. The molecular weight excluding hydrogens is 428 g/mol. The SMILES string of the molecule is Cc1ccc(NC(=O)[C@H](C)N(C)Cc2cccc(C#N)c2)cc1S(=O)(=O)N1CCOCC1. The third-order valence-corrected chi connectivity index (χ3v) is 7.61. The standard InChI is InChI=1S/C23H28N4O4S/c1-17-7-8-21(14-22(17)32(29,30)27-9-11-31-12-10-27)25-23(28)18(2)26(3)16-20-6-4-5-19(13-20)15-24/h4-8,13-14,18H,9-12,16H2,1-3H3,(H,25,28)/t18-/m0/s1. The fourth-order valence-electron chi connectivity index (χ4n) is 3.49. The number of ether oxygens (including phenoxy) is 1. The molecule has 0 radical (unpaired) electrons. The second-order valence-corrected chi connectivity index (χ2v) is 9.80. The monoisotopic (exact) mass is 456 g/mol. The molecule has 3 rings (SSSR count). The van der Waals surface area contributed by atoms with Crippen LogP contribution in [0.3, 0.4) is 0 Å². The topological polar surface area (TPSA) is 103 Å². The Morgan fingerprint density at radius 1 is 1.25 bits per heavy atom. The lowest BCUT2D eigenvalue weighted by atomic mass is 10.1. The number of rotatable bonds is 7. The molecule has 0 saturated carbocycles. The highest BCUT2D eigenvalue weighted by molar-refractivity contribution is 7.89. The molecule has 1 heterocycles. The van der Waals surface area contributed by atoms with E-state index in [9.17, 15) is 13.2 Å². The number of morpholine rings is 1. The van der Waals surface area contributed by atoms with Crippen LogP contribution < -0.4 is 5.32 Å². The molecule has 1 atom stereocenters. The average Bonchev–Trinajstić information content (AvgIpc) is 2.80. The fourth-order valence-corrected chi connectivity index (χ4v) is 5.15. The maximum atomic E-state index is 13.1. The Labute approximate surface area is 189 Å². The van der Waals surface area contributed by atoms with Gasteiger partial charge < -0.3 is 10.1 Å². The number of benzene rings is 2. The van der Waals surface area contributed by atoms with Crippen LogP contribution >= 0.6 is 0 Å². The number of nitrogens with one attached hydrogen (secondary N) is 1. The van der Waals surface area contributed by atoms with Crippen LogP contribution in [0.1, 0.15) is 23.6 Å². The molecule has 0 aliphatic carbocycles. The van der Waals surface area contributed by atoms with Crippen molar-refractivity contribution in [2.75, 3.05) is 38.7 Å². The van der Waals surface area contributed by atoms with Crippen LogP contribution in [0.25, 0.3) is 0 Å². The fraction of sp³-hybridized carbons (Fsp3) is 0.391. The highest BCUT2D eigenvalue weighted by Crippen LogP contribution is 2.24. The number of nitrogens with zero attached hydrogens (tertiary/aromatic N) is 3. The first kappa shape index (κ1) is 23.9. The molecule has 0 unspecified atom stereocenters. The van der Waals surface area contributed by atoms with Crippen molar-refractivity contribution in [1.29, 1.82) is 5.26 Å². The lowest BCUT2D eigenvalue weighted by Gasteiger charge is -2.27. The molecule has 2 aromatic rings. The highest BCUT2D eigenvalue weighted by Gasteiger charge is 2.28.